The van der Waals surface area contributed by atoms with Crippen molar-refractivity contribution in [3.63, 3.8) is 0 Å². The van der Waals surface area contributed by atoms with Crippen LogP contribution in [0.25, 0.3) is 0 Å². The minimum atomic E-state index is 0.183. The predicted octanol–water partition coefficient (Wildman–Crippen LogP) is 1.53. The number of hydrogen-bond acceptors (Lipinski definition) is 7. The van der Waals surface area contributed by atoms with Gasteiger partial charge in [-0.1, -0.05) is 19.1 Å². The molecule has 1 aromatic carbocycles. The Morgan fingerprint density at radius 1 is 1.16 bits per heavy atom. The van der Waals surface area contributed by atoms with E-state index in [4.69, 9.17) is 15.6 Å². The largest absolute Gasteiger partial charge is 0.452 e. The van der Waals surface area contributed by atoms with E-state index in [2.05, 4.69) is 38.8 Å². The van der Waals surface area contributed by atoms with Crippen LogP contribution in [0, 0.1) is 0 Å². The van der Waals surface area contributed by atoms with Gasteiger partial charge < -0.3 is 20.5 Å². The Morgan fingerprint density at radius 2 is 1.88 bits per heavy atom. The summed E-state index contributed by atoms with van der Waals surface area (Å²) in [6.45, 7) is 6.36. The second-order valence-corrected chi connectivity index (χ2v) is 6.07. The topological polar surface area (TPSA) is 87.7 Å². The highest BCUT2D eigenvalue weighted by Gasteiger charge is 2.21. The lowest BCUT2D eigenvalue weighted by atomic mass is 10.2. The van der Waals surface area contributed by atoms with Crippen molar-refractivity contribution >= 4 is 11.8 Å². The van der Waals surface area contributed by atoms with E-state index >= 15 is 0 Å². The van der Waals surface area contributed by atoms with Crippen molar-refractivity contribution in [3.05, 3.63) is 36.0 Å². The molecule has 0 aliphatic carbocycles. The van der Waals surface area contributed by atoms with Gasteiger partial charge in [0, 0.05) is 32.7 Å². The molecule has 0 unspecified atom stereocenters. The number of aliphatic hydroxyl groups is 1. The summed E-state index contributed by atoms with van der Waals surface area (Å²) in [4.78, 5) is 12.9. The van der Waals surface area contributed by atoms with Gasteiger partial charge in [0.25, 0.3) is 0 Å². The van der Waals surface area contributed by atoms with Crippen molar-refractivity contribution in [2.75, 3.05) is 50.0 Å². The fourth-order valence-corrected chi connectivity index (χ4v) is 2.92. The van der Waals surface area contributed by atoms with Gasteiger partial charge in [-0.15, -0.1) is 0 Å². The summed E-state index contributed by atoms with van der Waals surface area (Å²) in [5, 5.41) is 9.07. The summed E-state index contributed by atoms with van der Waals surface area (Å²) >= 11 is 0. The van der Waals surface area contributed by atoms with Gasteiger partial charge in [-0.05, 0) is 24.1 Å². The molecule has 1 fully saturated rings. The maximum absolute atomic E-state index is 9.07. The molecule has 2 heterocycles. The number of nitrogen functional groups attached to an aromatic ring is 1. The Kier molecular flexibility index (Phi) is 5.67. The van der Waals surface area contributed by atoms with Crippen LogP contribution < -0.4 is 15.4 Å². The van der Waals surface area contributed by atoms with Crippen LogP contribution in [0.4, 0.5) is 11.8 Å². The number of nitrogens with two attached hydrogens (primary N) is 1. The van der Waals surface area contributed by atoms with Crippen molar-refractivity contribution in [1.82, 2.24) is 14.9 Å². The molecule has 0 bridgehead atoms. The Balaban J connectivity index is 1.76. The third-order valence-electron chi connectivity index (χ3n) is 4.40. The molecule has 0 spiro atoms. The quantitative estimate of drug-likeness (QED) is 0.822. The van der Waals surface area contributed by atoms with E-state index < -0.39 is 0 Å². The molecule has 0 amide bonds. The number of aliphatic hydroxyl groups excluding tert-OH is 1. The van der Waals surface area contributed by atoms with Crippen molar-refractivity contribution in [2.45, 2.75) is 13.3 Å². The monoisotopic (exact) mass is 343 g/mol. The van der Waals surface area contributed by atoms with E-state index in [0.29, 0.717) is 12.3 Å². The normalized spacial score (nSPS) is 15.4. The minimum Gasteiger partial charge on any atom is -0.452 e. The fraction of sp³-hybridized carbons (Fsp3) is 0.444. The first-order valence-electron chi connectivity index (χ1n) is 8.67. The fourth-order valence-electron chi connectivity index (χ4n) is 2.92. The molecular weight excluding hydrogens is 318 g/mol. The number of nitrogens with zero attached hydrogens (tertiary/aromatic N) is 4. The Bertz CT molecular complexity index is 684. The second-order valence-electron chi connectivity index (χ2n) is 6.07. The third-order valence-corrected chi connectivity index (χ3v) is 4.40. The molecule has 3 rings (SSSR count). The molecule has 7 nitrogen and oxygen atoms in total. The lowest BCUT2D eigenvalue weighted by Crippen LogP contribution is -2.47. The Labute approximate surface area is 148 Å². The molecule has 25 heavy (non-hydrogen) atoms. The van der Waals surface area contributed by atoms with E-state index in [9.17, 15) is 0 Å². The predicted molar refractivity (Wildman–Crippen MR) is 98.1 cm³/mol. The van der Waals surface area contributed by atoms with Crippen LogP contribution in [0.3, 0.4) is 0 Å². The Morgan fingerprint density at radius 3 is 2.52 bits per heavy atom. The molecule has 2 aromatic rings. The summed E-state index contributed by atoms with van der Waals surface area (Å²) in [6.07, 6.45) is 2.63. The number of piperazine rings is 1. The van der Waals surface area contributed by atoms with Crippen LogP contribution in [-0.2, 0) is 6.42 Å². The summed E-state index contributed by atoms with van der Waals surface area (Å²) in [5.41, 5.74) is 7.06. The van der Waals surface area contributed by atoms with Crippen molar-refractivity contribution < 1.29 is 9.84 Å². The van der Waals surface area contributed by atoms with Crippen LogP contribution in [0.15, 0.2) is 30.5 Å². The first kappa shape index (κ1) is 17.4. The molecule has 1 aliphatic heterocycles. The lowest BCUT2D eigenvalue weighted by molar-refractivity contribution is 0.188. The standard InChI is InChI=1S/C18H25N5O2/c1-2-14-3-5-15(6-4-14)25-16-13-20-18(19)21-17(16)23-9-7-22(8-10-23)11-12-24/h3-6,13,24H,2,7-12H2,1H3,(H2,19,20,21). The zero-order valence-electron chi connectivity index (χ0n) is 14.6. The number of β-amino-alcohol motifs (C(OH)–C–C–N with tert-alkyl or cyclic N) is 1. The number of ether oxygens (including phenoxy) is 1. The van der Waals surface area contributed by atoms with Gasteiger partial charge in [0.15, 0.2) is 11.6 Å². The molecule has 1 aromatic heterocycles. The molecule has 0 radical (unpaired) electrons. The molecular formula is C18H25N5O2. The highest BCUT2D eigenvalue weighted by Crippen LogP contribution is 2.31. The maximum Gasteiger partial charge on any atom is 0.222 e. The van der Waals surface area contributed by atoms with Crippen molar-refractivity contribution in [1.29, 1.82) is 0 Å². The first-order chi connectivity index (χ1) is 12.2. The maximum atomic E-state index is 9.07. The molecule has 134 valence electrons. The van der Waals surface area contributed by atoms with Gasteiger partial charge in [0.1, 0.15) is 5.75 Å². The number of aryl methyl sites for hydroxylation is 1. The van der Waals surface area contributed by atoms with E-state index in [1.54, 1.807) is 6.20 Å². The van der Waals surface area contributed by atoms with Crippen molar-refractivity contribution in [2.24, 2.45) is 0 Å². The van der Waals surface area contributed by atoms with Crippen LogP contribution in [0.1, 0.15) is 12.5 Å². The first-order valence-corrected chi connectivity index (χ1v) is 8.67. The average molecular weight is 343 g/mol. The molecule has 3 N–H and O–H groups in total. The molecule has 0 saturated carbocycles. The van der Waals surface area contributed by atoms with Gasteiger partial charge in [-0.25, -0.2) is 4.98 Å². The number of aromatic nitrogens is 2. The van der Waals surface area contributed by atoms with Crippen molar-refractivity contribution in [3.8, 4) is 11.5 Å². The Hall–Kier alpha value is -2.38. The van der Waals surface area contributed by atoms with Gasteiger partial charge in [-0.2, -0.15) is 4.98 Å². The highest BCUT2D eigenvalue weighted by atomic mass is 16.5. The average Bonchev–Trinajstić information content (AvgIpc) is 2.65. The summed E-state index contributed by atoms with van der Waals surface area (Å²) in [7, 11) is 0. The van der Waals surface area contributed by atoms with Crippen LogP contribution in [0.5, 0.6) is 11.5 Å². The van der Waals surface area contributed by atoms with E-state index in [0.717, 1.165) is 44.2 Å². The number of benzene rings is 1. The summed E-state index contributed by atoms with van der Waals surface area (Å²) in [5.74, 6) is 2.32. The van der Waals surface area contributed by atoms with E-state index in [1.807, 2.05) is 12.1 Å². The van der Waals surface area contributed by atoms with Crippen LogP contribution in [-0.4, -0.2) is 59.3 Å². The highest BCUT2D eigenvalue weighted by molar-refractivity contribution is 5.55. The minimum absolute atomic E-state index is 0.183. The van der Waals surface area contributed by atoms with Crippen LogP contribution in [0.2, 0.25) is 0 Å². The van der Waals surface area contributed by atoms with E-state index in [-0.39, 0.29) is 12.6 Å². The number of rotatable bonds is 6. The second kappa shape index (κ2) is 8.13. The van der Waals surface area contributed by atoms with E-state index in [1.165, 1.54) is 5.56 Å². The number of hydrogen-bond donors (Lipinski definition) is 2. The van der Waals surface area contributed by atoms with Crippen LogP contribution >= 0.6 is 0 Å². The molecule has 7 heteroatoms. The van der Waals surface area contributed by atoms with Gasteiger partial charge in [0.05, 0.1) is 12.8 Å². The summed E-state index contributed by atoms with van der Waals surface area (Å²) < 4.78 is 6.02. The number of anilines is 2. The molecule has 1 aliphatic rings. The molecule has 1 saturated heterocycles. The van der Waals surface area contributed by atoms with Gasteiger partial charge >= 0.3 is 0 Å². The zero-order chi connectivity index (χ0) is 17.6. The smallest absolute Gasteiger partial charge is 0.222 e. The third kappa shape index (κ3) is 4.37. The zero-order valence-corrected chi connectivity index (χ0v) is 14.6. The molecule has 0 atom stereocenters. The SMILES string of the molecule is CCc1ccc(Oc2cnc(N)nc2N2CCN(CCO)CC2)cc1. The lowest BCUT2D eigenvalue weighted by Gasteiger charge is -2.35. The van der Waals surface area contributed by atoms with Gasteiger partial charge in [-0.3, -0.25) is 4.90 Å². The van der Waals surface area contributed by atoms with Gasteiger partial charge in [0.2, 0.25) is 5.95 Å². The summed E-state index contributed by atoms with van der Waals surface area (Å²) in [6, 6.07) is 8.03.